The molecule has 2 heterocycles. The Labute approximate surface area is 174 Å². The maximum Gasteiger partial charge on any atom is 0.243 e. The summed E-state index contributed by atoms with van der Waals surface area (Å²) >= 11 is 1.46. The fourth-order valence-corrected chi connectivity index (χ4v) is 5.29. The van der Waals surface area contributed by atoms with E-state index in [-0.39, 0.29) is 23.3 Å². The number of nitrogens with zero attached hydrogens (tertiary/aromatic N) is 3. The Hall–Kier alpha value is -2.11. The van der Waals surface area contributed by atoms with Crippen LogP contribution in [0.5, 0.6) is 5.75 Å². The molecule has 1 aliphatic heterocycles. The number of benzene rings is 1. The first-order valence-electron chi connectivity index (χ1n) is 9.49. The van der Waals surface area contributed by atoms with Gasteiger partial charge >= 0.3 is 0 Å². The molecular formula is C18H25N5O4S2. The van der Waals surface area contributed by atoms with Gasteiger partial charge in [0.15, 0.2) is 5.16 Å². The van der Waals surface area contributed by atoms with Gasteiger partial charge in [0.2, 0.25) is 15.9 Å². The molecular weight excluding hydrogens is 414 g/mol. The lowest BCUT2D eigenvalue weighted by atomic mass is 9.99. The van der Waals surface area contributed by atoms with Gasteiger partial charge in [-0.1, -0.05) is 11.8 Å². The van der Waals surface area contributed by atoms with E-state index in [9.17, 15) is 13.2 Å². The van der Waals surface area contributed by atoms with Crippen molar-refractivity contribution in [1.29, 1.82) is 0 Å². The van der Waals surface area contributed by atoms with Crippen LogP contribution in [0.1, 0.15) is 19.8 Å². The number of carbonyl (C=O) groups is 1. The van der Waals surface area contributed by atoms with Gasteiger partial charge in [-0.2, -0.15) is 9.40 Å². The largest absolute Gasteiger partial charge is 0.494 e. The fourth-order valence-electron chi connectivity index (χ4n) is 3.13. The summed E-state index contributed by atoms with van der Waals surface area (Å²) in [6.45, 7) is 3.48. The predicted molar refractivity (Wildman–Crippen MR) is 109 cm³/mol. The molecule has 29 heavy (non-hydrogen) atoms. The maximum atomic E-state index is 13.0. The number of nitrogens with one attached hydrogen (secondary N) is 2. The zero-order valence-corrected chi connectivity index (χ0v) is 17.8. The van der Waals surface area contributed by atoms with Gasteiger partial charge in [0.05, 0.1) is 17.4 Å². The summed E-state index contributed by atoms with van der Waals surface area (Å²) in [5, 5.41) is 10.1. The summed E-state index contributed by atoms with van der Waals surface area (Å²) in [7, 11) is -3.64. The number of sulfonamides is 1. The number of H-pyrrole nitrogens is 1. The monoisotopic (exact) mass is 439 g/mol. The van der Waals surface area contributed by atoms with E-state index in [4.69, 9.17) is 4.74 Å². The number of carbonyl (C=O) groups excluding carboxylic acids is 1. The molecule has 1 fully saturated rings. The second kappa shape index (κ2) is 10.1. The Balaban J connectivity index is 1.53. The molecule has 2 N–H and O–H groups in total. The number of piperidine rings is 1. The highest BCUT2D eigenvalue weighted by Crippen LogP contribution is 2.25. The minimum Gasteiger partial charge on any atom is -0.494 e. The molecule has 11 heteroatoms. The van der Waals surface area contributed by atoms with Gasteiger partial charge in [-0.3, -0.25) is 9.89 Å². The number of thioether (sulfide) groups is 1. The number of ether oxygens (including phenoxy) is 1. The second-order valence-electron chi connectivity index (χ2n) is 6.54. The first-order valence-corrected chi connectivity index (χ1v) is 11.9. The van der Waals surface area contributed by atoms with E-state index < -0.39 is 10.0 Å². The zero-order valence-electron chi connectivity index (χ0n) is 16.2. The third-order valence-electron chi connectivity index (χ3n) is 4.56. The molecule has 0 saturated carbocycles. The Bertz CT molecular complexity index is 887. The molecule has 0 radical (unpaired) electrons. The highest BCUT2D eigenvalue weighted by atomic mass is 32.2. The summed E-state index contributed by atoms with van der Waals surface area (Å²) in [5.74, 6) is 0.818. The summed E-state index contributed by atoms with van der Waals surface area (Å²) in [4.78, 5) is 16.7. The Kier molecular flexibility index (Phi) is 7.51. The van der Waals surface area contributed by atoms with Gasteiger partial charge in [-0.15, -0.1) is 0 Å². The molecule has 0 aliphatic carbocycles. The fraction of sp³-hybridized carbons (Fsp3) is 0.500. The van der Waals surface area contributed by atoms with Crippen LogP contribution in [0.4, 0.5) is 0 Å². The third kappa shape index (κ3) is 5.71. The molecule has 3 rings (SSSR count). The zero-order chi connectivity index (χ0) is 20.7. The smallest absolute Gasteiger partial charge is 0.243 e. The van der Waals surface area contributed by atoms with Crippen molar-refractivity contribution < 1.29 is 17.9 Å². The first-order chi connectivity index (χ1) is 14.0. The van der Waals surface area contributed by atoms with Crippen LogP contribution in [0.3, 0.4) is 0 Å². The summed E-state index contributed by atoms with van der Waals surface area (Å²) < 4.78 is 32.7. The first kappa shape index (κ1) is 21.6. The molecule has 1 amide bonds. The Morgan fingerprint density at radius 3 is 2.86 bits per heavy atom. The van der Waals surface area contributed by atoms with Gasteiger partial charge in [0.25, 0.3) is 0 Å². The van der Waals surface area contributed by atoms with Crippen molar-refractivity contribution in [2.75, 3.05) is 32.0 Å². The van der Waals surface area contributed by atoms with Crippen molar-refractivity contribution in [1.82, 2.24) is 24.8 Å². The molecule has 1 atom stereocenters. The number of hydrogen-bond acceptors (Lipinski definition) is 7. The van der Waals surface area contributed by atoms with E-state index in [0.717, 1.165) is 0 Å². The molecule has 1 saturated heterocycles. The van der Waals surface area contributed by atoms with Gasteiger partial charge in [-0.05, 0) is 44.0 Å². The van der Waals surface area contributed by atoms with E-state index in [1.807, 2.05) is 6.92 Å². The van der Waals surface area contributed by atoms with Crippen molar-refractivity contribution >= 4 is 27.7 Å². The average molecular weight is 440 g/mol. The van der Waals surface area contributed by atoms with Crippen LogP contribution in [-0.4, -0.2) is 65.8 Å². The van der Waals surface area contributed by atoms with Crippen LogP contribution in [0.2, 0.25) is 0 Å². The Morgan fingerprint density at radius 2 is 2.17 bits per heavy atom. The lowest BCUT2D eigenvalue weighted by molar-refractivity contribution is -0.125. The molecule has 1 aliphatic rings. The second-order valence-corrected chi connectivity index (χ2v) is 9.56. The lowest BCUT2D eigenvalue weighted by Crippen LogP contribution is -2.45. The minimum atomic E-state index is -3.64. The number of hydrogen-bond donors (Lipinski definition) is 2. The van der Waals surface area contributed by atoms with E-state index in [2.05, 4.69) is 20.5 Å². The molecule has 0 bridgehead atoms. The van der Waals surface area contributed by atoms with Crippen molar-refractivity contribution in [3.8, 4) is 5.75 Å². The number of rotatable bonds is 9. The summed E-state index contributed by atoms with van der Waals surface area (Å²) in [6, 6.07) is 6.39. The highest BCUT2D eigenvalue weighted by Gasteiger charge is 2.33. The van der Waals surface area contributed by atoms with Crippen LogP contribution in [0, 0.1) is 5.92 Å². The molecule has 1 unspecified atom stereocenters. The SMILES string of the molecule is CCOc1ccc(S(=O)(=O)N2CCCC(C(=O)NCCSc3ncn[nH]3)C2)cc1. The predicted octanol–water partition coefficient (Wildman–Crippen LogP) is 1.51. The molecule has 0 spiro atoms. The quantitative estimate of drug-likeness (QED) is 0.449. The van der Waals surface area contributed by atoms with Crippen LogP contribution in [0.25, 0.3) is 0 Å². The Morgan fingerprint density at radius 1 is 1.38 bits per heavy atom. The topological polar surface area (TPSA) is 117 Å². The molecule has 9 nitrogen and oxygen atoms in total. The van der Waals surface area contributed by atoms with Gasteiger partial charge < -0.3 is 10.1 Å². The van der Waals surface area contributed by atoms with Gasteiger partial charge in [0, 0.05) is 25.4 Å². The summed E-state index contributed by atoms with van der Waals surface area (Å²) in [6.07, 6.45) is 2.76. The third-order valence-corrected chi connectivity index (χ3v) is 7.32. The average Bonchev–Trinajstić information content (AvgIpc) is 3.25. The van der Waals surface area contributed by atoms with E-state index in [0.29, 0.717) is 49.2 Å². The highest BCUT2D eigenvalue weighted by molar-refractivity contribution is 7.99. The van der Waals surface area contributed by atoms with Crippen molar-refractivity contribution in [2.45, 2.75) is 29.8 Å². The number of aromatic amines is 1. The van der Waals surface area contributed by atoms with E-state index in [1.165, 1.54) is 22.4 Å². The van der Waals surface area contributed by atoms with Crippen molar-refractivity contribution in [3.05, 3.63) is 30.6 Å². The van der Waals surface area contributed by atoms with Crippen molar-refractivity contribution in [3.63, 3.8) is 0 Å². The number of aromatic nitrogens is 3. The molecule has 1 aromatic carbocycles. The van der Waals surface area contributed by atoms with E-state index in [1.54, 1.807) is 24.3 Å². The normalized spacial score (nSPS) is 17.8. The van der Waals surface area contributed by atoms with Crippen LogP contribution in [-0.2, 0) is 14.8 Å². The van der Waals surface area contributed by atoms with Gasteiger partial charge in [0.1, 0.15) is 12.1 Å². The standard InChI is InChI=1S/C18H25N5O4S2/c1-2-27-15-5-7-16(8-6-15)29(25,26)23-10-3-4-14(12-23)17(24)19-9-11-28-18-20-13-21-22-18/h5-8,13-14H,2-4,9-12H2,1H3,(H,19,24)(H,20,21,22). The van der Waals surface area contributed by atoms with E-state index >= 15 is 0 Å². The van der Waals surface area contributed by atoms with Crippen LogP contribution in [0.15, 0.2) is 40.6 Å². The lowest BCUT2D eigenvalue weighted by Gasteiger charge is -2.31. The molecule has 158 valence electrons. The number of amides is 1. The van der Waals surface area contributed by atoms with Crippen molar-refractivity contribution in [2.24, 2.45) is 5.92 Å². The maximum absolute atomic E-state index is 13.0. The van der Waals surface area contributed by atoms with Crippen LogP contribution < -0.4 is 10.1 Å². The summed E-state index contributed by atoms with van der Waals surface area (Å²) in [5.41, 5.74) is 0. The molecule has 2 aromatic rings. The minimum absolute atomic E-state index is 0.116. The van der Waals surface area contributed by atoms with Crippen LogP contribution >= 0.6 is 11.8 Å². The van der Waals surface area contributed by atoms with Gasteiger partial charge in [-0.25, -0.2) is 13.4 Å². The molecule has 1 aromatic heterocycles.